The Kier molecular flexibility index (Phi) is 7.43. The highest BCUT2D eigenvalue weighted by atomic mass is 32.2. The molecular formula is C27H31N3O6S. The van der Waals surface area contributed by atoms with Gasteiger partial charge in [0, 0.05) is 44.8 Å². The summed E-state index contributed by atoms with van der Waals surface area (Å²) in [5, 5.41) is 11.3. The average Bonchev–Trinajstić information content (AvgIpc) is 3.56. The summed E-state index contributed by atoms with van der Waals surface area (Å²) in [5.74, 6) is -1.72. The van der Waals surface area contributed by atoms with Crippen molar-refractivity contribution in [2.45, 2.75) is 23.8 Å². The molecule has 3 aliphatic heterocycles. The molecule has 2 aromatic carbocycles. The summed E-state index contributed by atoms with van der Waals surface area (Å²) in [6.07, 6.45) is 1.67. The van der Waals surface area contributed by atoms with E-state index in [1.807, 2.05) is 30.3 Å². The molecule has 0 bridgehead atoms. The van der Waals surface area contributed by atoms with E-state index in [9.17, 15) is 23.1 Å². The number of likely N-dealkylation sites (tertiary alicyclic amines) is 1. The van der Waals surface area contributed by atoms with Gasteiger partial charge in [0.1, 0.15) is 5.76 Å². The van der Waals surface area contributed by atoms with E-state index in [-0.39, 0.29) is 21.8 Å². The highest BCUT2D eigenvalue weighted by molar-refractivity contribution is 7.89. The van der Waals surface area contributed by atoms with E-state index >= 15 is 0 Å². The van der Waals surface area contributed by atoms with Crippen LogP contribution >= 0.6 is 0 Å². The van der Waals surface area contributed by atoms with Crippen LogP contribution in [-0.4, -0.2) is 91.8 Å². The normalized spacial score (nSPS) is 23.1. The third kappa shape index (κ3) is 5.06. The molecule has 9 nitrogen and oxygen atoms in total. The number of aliphatic hydroxyl groups is 1. The lowest BCUT2D eigenvalue weighted by atomic mass is 9.95. The van der Waals surface area contributed by atoms with Crippen LogP contribution in [0.25, 0.3) is 5.76 Å². The fraction of sp³-hybridized carbons (Fsp3) is 0.407. The number of amides is 1. The summed E-state index contributed by atoms with van der Waals surface area (Å²) in [4.78, 5) is 30.2. The number of aliphatic hydroxyl groups excluding tert-OH is 1. The largest absolute Gasteiger partial charge is 0.507 e. The molecule has 196 valence electrons. The predicted octanol–water partition coefficient (Wildman–Crippen LogP) is 2.23. The molecule has 3 fully saturated rings. The minimum Gasteiger partial charge on any atom is -0.507 e. The lowest BCUT2D eigenvalue weighted by molar-refractivity contribution is -0.140. The second kappa shape index (κ2) is 10.7. The second-order valence-electron chi connectivity index (χ2n) is 9.49. The summed E-state index contributed by atoms with van der Waals surface area (Å²) in [6, 6.07) is 14.3. The molecule has 1 atom stereocenters. The predicted molar refractivity (Wildman–Crippen MR) is 137 cm³/mol. The second-order valence-corrected chi connectivity index (χ2v) is 11.4. The lowest BCUT2D eigenvalue weighted by Crippen LogP contribution is -2.42. The quantitative estimate of drug-likeness (QED) is 0.336. The van der Waals surface area contributed by atoms with E-state index in [1.165, 1.54) is 33.5 Å². The highest BCUT2D eigenvalue weighted by Gasteiger charge is 2.46. The number of ether oxygens (including phenoxy) is 1. The third-order valence-electron chi connectivity index (χ3n) is 7.25. The van der Waals surface area contributed by atoms with Crippen molar-refractivity contribution in [1.82, 2.24) is 14.1 Å². The Labute approximate surface area is 217 Å². The van der Waals surface area contributed by atoms with Gasteiger partial charge in [-0.2, -0.15) is 4.31 Å². The van der Waals surface area contributed by atoms with E-state index in [0.717, 1.165) is 31.5 Å². The Morgan fingerprint density at radius 2 is 1.54 bits per heavy atom. The molecule has 3 saturated heterocycles. The Bertz CT molecular complexity index is 1280. The number of benzene rings is 2. The van der Waals surface area contributed by atoms with Gasteiger partial charge in [0.15, 0.2) is 0 Å². The van der Waals surface area contributed by atoms with Gasteiger partial charge in [0.25, 0.3) is 11.7 Å². The summed E-state index contributed by atoms with van der Waals surface area (Å²) < 4.78 is 32.6. The van der Waals surface area contributed by atoms with Crippen molar-refractivity contribution < 1.29 is 27.9 Å². The Morgan fingerprint density at radius 1 is 0.892 bits per heavy atom. The maximum Gasteiger partial charge on any atom is 0.295 e. The SMILES string of the molecule is O=C1C(=O)N(CCN2CCOCC2)C(c2ccccc2)/C1=C(\O)c1ccc(S(=O)(=O)N2CCCC2)cc1. The topological polar surface area (TPSA) is 107 Å². The van der Waals surface area contributed by atoms with Crippen LogP contribution in [0.15, 0.2) is 65.1 Å². The molecule has 0 aliphatic carbocycles. The molecule has 2 aromatic rings. The van der Waals surface area contributed by atoms with Crippen molar-refractivity contribution in [2.75, 3.05) is 52.5 Å². The monoisotopic (exact) mass is 525 g/mol. The van der Waals surface area contributed by atoms with E-state index < -0.39 is 27.8 Å². The van der Waals surface area contributed by atoms with Gasteiger partial charge in [-0.15, -0.1) is 0 Å². The maximum atomic E-state index is 13.2. The van der Waals surface area contributed by atoms with E-state index in [2.05, 4.69) is 4.90 Å². The fourth-order valence-corrected chi connectivity index (χ4v) is 6.70. The number of rotatable bonds is 7. The van der Waals surface area contributed by atoms with E-state index in [0.29, 0.717) is 39.4 Å². The standard InChI is InChI=1S/C27H31N3O6S/c31-25(21-8-10-22(11-9-21)37(34,35)29-12-4-5-13-29)23-24(20-6-2-1-3-7-20)30(27(33)26(23)32)15-14-28-16-18-36-19-17-28/h1-3,6-11,24,31H,4-5,12-19H2/b25-23+. The van der Waals surface area contributed by atoms with Gasteiger partial charge in [0.2, 0.25) is 10.0 Å². The van der Waals surface area contributed by atoms with Crippen LogP contribution < -0.4 is 0 Å². The van der Waals surface area contributed by atoms with Gasteiger partial charge in [-0.3, -0.25) is 14.5 Å². The van der Waals surface area contributed by atoms with Gasteiger partial charge in [0.05, 0.1) is 29.7 Å². The molecular weight excluding hydrogens is 494 g/mol. The zero-order valence-corrected chi connectivity index (χ0v) is 21.4. The average molecular weight is 526 g/mol. The maximum absolute atomic E-state index is 13.2. The number of ketones is 1. The minimum absolute atomic E-state index is 0.00771. The number of hydrogen-bond acceptors (Lipinski definition) is 7. The van der Waals surface area contributed by atoms with Crippen LogP contribution in [0.1, 0.15) is 30.0 Å². The fourth-order valence-electron chi connectivity index (χ4n) is 5.18. The van der Waals surface area contributed by atoms with Gasteiger partial charge >= 0.3 is 0 Å². The first-order valence-corrected chi connectivity index (χ1v) is 14.1. The first-order chi connectivity index (χ1) is 17.9. The smallest absolute Gasteiger partial charge is 0.295 e. The summed E-state index contributed by atoms with van der Waals surface area (Å²) in [5.41, 5.74) is 1.01. The molecule has 0 aromatic heterocycles. The van der Waals surface area contributed by atoms with E-state index in [4.69, 9.17) is 4.74 Å². The van der Waals surface area contributed by atoms with Crippen LogP contribution in [0.5, 0.6) is 0 Å². The Balaban J connectivity index is 1.47. The van der Waals surface area contributed by atoms with Gasteiger partial charge in [-0.25, -0.2) is 8.42 Å². The number of Topliss-reactive ketones (excluding diaryl/α,β-unsaturated/α-hetero) is 1. The third-order valence-corrected chi connectivity index (χ3v) is 9.16. The van der Waals surface area contributed by atoms with Crippen molar-refractivity contribution in [3.05, 3.63) is 71.3 Å². The van der Waals surface area contributed by atoms with Crippen LogP contribution in [0.4, 0.5) is 0 Å². The van der Waals surface area contributed by atoms with Crippen molar-refractivity contribution in [2.24, 2.45) is 0 Å². The Morgan fingerprint density at radius 3 is 2.19 bits per heavy atom. The molecule has 5 rings (SSSR count). The first-order valence-electron chi connectivity index (χ1n) is 12.6. The zero-order valence-electron chi connectivity index (χ0n) is 20.6. The number of nitrogens with zero attached hydrogens (tertiary/aromatic N) is 3. The van der Waals surface area contributed by atoms with Gasteiger partial charge in [-0.05, 0) is 42.7 Å². The van der Waals surface area contributed by atoms with Crippen LogP contribution in [0, 0.1) is 0 Å². The molecule has 1 amide bonds. The molecule has 3 heterocycles. The molecule has 37 heavy (non-hydrogen) atoms. The molecule has 10 heteroatoms. The minimum atomic E-state index is -3.61. The van der Waals surface area contributed by atoms with Crippen molar-refractivity contribution >= 4 is 27.5 Å². The van der Waals surface area contributed by atoms with Crippen molar-refractivity contribution in [3.63, 3.8) is 0 Å². The van der Waals surface area contributed by atoms with Crippen molar-refractivity contribution in [3.8, 4) is 0 Å². The number of carbonyl (C=O) groups excluding carboxylic acids is 2. The first kappa shape index (κ1) is 25.6. The van der Waals surface area contributed by atoms with Crippen molar-refractivity contribution in [1.29, 1.82) is 0 Å². The van der Waals surface area contributed by atoms with Gasteiger partial charge < -0.3 is 14.7 Å². The summed E-state index contributed by atoms with van der Waals surface area (Å²) in [7, 11) is -3.61. The molecule has 1 N–H and O–H groups in total. The van der Waals surface area contributed by atoms with Gasteiger partial charge in [-0.1, -0.05) is 30.3 Å². The number of carbonyl (C=O) groups is 2. The van der Waals surface area contributed by atoms with Crippen LogP contribution in [0.2, 0.25) is 0 Å². The molecule has 0 saturated carbocycles. The summed E-state index contributed by atoms with van der Waals surface area (Å²) in [6.45, 7) is 4.68. The zero-order chi connectivity index (χ0) is 26.0. The lowest BCUT2D eigenvalue weighted by Gasteiger charge is -2.31. The molecule has 3 aliphatic rings. The van der Waals surface area contributed by atoms with E-state index in [1.54, 1.807) is 0 Å². The molecule has 0 radical (unpaired) electrons. The number of sulfonamides is 1. The molecule has 0 spiro atoms. The summed E-state index contributed by atoms with van der Waals surface area (Å²) >= 11 is 0. The van der Waals surface area contributed by atoms with Crippen LogP contribution in [0.3, 0.4) is 0 Å². The Hall–Kier alpha value is -3.05. The molecule has 1 unspecified atom stereocenters. The van der Waals surface area contributed by atoms with Crippen LogP contribution in [-0.2, 0) is 24.3 Å². The number of morpholine rings is 1. The highest BCUT2D eigenvalue weighted by Crippen LogP contribution is 2.39. The number of hydrogen-bond donors (Lipinski definition) is 1.